The fraction of sp³-hybridized carbons (Fsp3) is 0.370. The summed E-state index contributed by atoms with van der Waals surface area (Å²) in [6.45, 7) is 6.78. The largest absolute Gasteiger partial charge is 0.508 e. The minimum atomic E-state index is -0.566. The fourth-order valence-electron chi connectivity index (χ4n) is 4.30. The highest BCUT2D eigenvalue weighted by atomic mass is 16.7. The van der Waals surface area contributed by atoms with Crippen molar-refractivity contribution in [3.05, 3.63) is 63.9 Å². The van der Waals surface area contributed by atoms with Crippen molar-refractivity contribution in [2.24, 2.45) is 11.8 Å². The molecule has 1 aliphatic rings. The third kappa shape index (κ3) is 5.16. The third-order valence-electron chi connectivity index (χ3n) is 6.41. The second-order valence-corrected chi connectivity index (χ2v) is 9.07. The Morgan fingerprint density at radius 3 is 2.46 bits per heavy atom. The van der Waals surface area contributed by atoms with Crippen LogP contribution < -0.4 is 20.2 Å². The van der Waals surface area contributed by atoms with Gasteiger partial charge in [0.25, 0.3) is 0 Å². The number of rotatable bonds is 9. The number of pyridine rings is 1. The van der Waals surface area contributed by atoms with Crippen LogP contribution in [0.25, 0.3) is 10.9 Å². The van der Waals surface area contributed by atoms with E-state index in [-0.39, 0.29) is 47.6 Å². The van der Waals surface area contributed by atoms with Crippen molar-refractivity contribution < 1.29 is 24.2 Å². The molecule has 1 amide bonds. The van der Waals surface area contributed by atoms with Gasteiger partial charge in [0.05, 0.1) is 16.5 Å². The highest BCUT2D eigenvalue weighted by molar-refractivity contribution is 6.01. The van der Waals surface area contributed by atoms with Gasteiger partial charge in [-0.05, 0) is 43.0 Å². The van der Waals surface area contributed by atoms with Crippen LogP contribution in [-0.4, -0.2) is 34.7 Å². The molecule has 0 unspecified atom stereocenters. The summed E-state index contributed by atoms with van der Waals surface area (Å²) in [6, 6.07) is 10.2. The highest BCUT2D eigenvalue weighted by Gasteiger charge is 2.28. The molecule has 3 aromatic rings. The van der Waals surface area contributed by atoms with Crippen LogP contribution in [0.15, 0.2) is 47.4 Å². The van der Waals surface area contributed by atoms with Gasteiger partial charge in [-0.2, -0.15) is 0 Å². The number of hydrogen-bond acceptors (Lipinski definition) is 6. The number of amides is 1. The first-order valence-corrected chi connectivity index (χ1v) is 11.8. The number of nitrogens with one attached hydrogen (secondary N) is 1. The van der Waals surface area contributed by atoms with Crippen LogP contribution in [0.5, 0.6) is 17.2 Å². The molecule has 2 heterocycles. The molecular weight excluding hydrogens is 448 g/mol. The summed E-state index contributed by atoms with van der Waals surface area (Å²) in [4.78, 5) is 39.5. The molecule has 0 saturated carbocycles. The van der Waals surface area contributed by atoms with Gasteiger partial charge in [-0.1, -0.05) is 26.0 Å². The number of phenolic OH excluding ortho intramolecular Hbond substituents is 1. The minimum absolute atomic E-state index is 0.0578. The summed E-state index contributed by atoms with van der Waals surface area (Å²) in [5.74, 6) is 0.0185. The monoisotopic (exact) mass is 478 g/mol. The Kier molecular flexibility index (Phi) is 7.10. The van der Waals surface area contributed by atoms with Crippen LogP contribution in [-0.2, 0) is 17.8 Å². The first kappa shape index (κ1) is 24.3. The molecule has 4 rings (SSSR count). The zero-order valence-electron chi connectivity index (χ0n) is 20.2. The molecule has 8 heteroatoms. The second kappa shape index (κ2) is 10.2. The number of carbonyl (C=O) groups is 2. The number of hydrogen-bond donors (Lipinski definition) is 2. The lowest BCUT2D eigenvalue weighted by Crippen LogP contribution is -2.36. The number of aromatic hydroxyl groups is 1. The van der Waals surface area contributed by atoms with Crippen molar-refractivity contribution in [2.75, 3.05) is 13.3 Å². The van der Waals surface area contributed by atoms with E-state index in [0.717, 1.165) is 5.56 Å². The van der Waals surface area contributed by atoms with Crippen molar-refractivity contribution in [3.8, 4) is 17.2 Å². The van der Waals surface area contributed by atoms with Gasteiger partial charge < -0.3 is 24.5 Å². The van der Waals surface area contributed by atoms with Gasteiger partial charge in [-0.15, -0.1) is 0 Å². The zero-order valence-corrected chi connectivity index (χ0v) is 20.2. The molecule has 0 spiro atoms. The van der Waals surface area contributed by atoms with E-state index in [9.17, 15) is 19.5 Å². The SMILES string of the molecule is CCn1cc(C(=O)C[C@H](C(=O)NCCc2ccc(O)cc2)C(C)C)c(=O)c2cc3c(cc21)OCO3. The number of aryl methyl sites for hydroxylation is 1. The molecule has 0 saturated heterocycles. The molecule has 0 radical (unpaired) electrons. The Bertz CT molecular complexity index is 1310. The molecule has 35 heavy (non-hydrogen) atoms. The van der Waals surface area contributed by atoms with Crippen LogP contribution in [0.4, 0.5) is 0 Å². The molecule has 1 aromatic heterocycles. The molecule has 0 aliphatic carbocycles. The summed E-state index contributed by atoms with van der Waals surface area (Å²) in [6.07, 6.45) is 2.12. The van der Waals surface area contributed by atoms with Gasteiger partial charge in [0.1, 0.15) is 5.75 Å². The maximum Gasteiger partial charge on any atom is 0.231 e. The number of phenols is 1. The molecule has 1 aliphatic heterocycles. The van der Waals surface area contributed by atoms with Crippen molar-refractivity contribution in [1.82, 2.24) is 9.88 Å². The molecule has 0 fully saturated rings. The minimum Gasteiger partial charge on any atom is -0.508 e. The number of aromatic nitrogens is 1. The Hall–Kier alpha value is -3.81. The predicted octanol–water partition coefficient (Wildman–Crippen LogP) is 3.66. The summed E-state index contributed by atoms with van der Waals surface area (Å²) in [5, 5.41) is 12.7. The number of ether oxygens (including phenoxy) is 2. The third-order valence-corrected chi connectivity index (χ3v) is 6.41. The number of Topliss-reactive ketones (excluding diaryl/α,β-unsaturated/α-hetero) is 1. The summed E-state index contributed by atoms with van der Waals surface area (Å²) in [5.41, 5.74) is 1.35. The van der Waals surface area contributed by atoms with E-state index < -0.39 is 5.92 Å². The smallest absolute Gasteiger partial charge is 0.231 e. The van der Waals surface area contributed by atoms with Crippen LogP contribution >= 0.6 is 0 Å². The average Bonchev–Trinajstić information content (AvgIpc) is 3.30. The lowest BCUT2D eigenvalue weighted by atomic mass is 9.88. The quantitative estimate of drug-likeness (QED) is 0.455. The topological polar surface area (TPSA) is 107 Å². The summed E-state index contributed by atoms with van der Waals surface area (Å²) < 4.78 is 12.7. The van der Waals surface area contributed by atoms with Crippen molar-refractivity contribution in [1.29, 1.82) is 0 Å². The molecule has 8 nitrogen and oxygen atoms in total. The maximum absolute atomic E-state index is 13.3. The van der Waals surface area contributed by atoms with Crippen LogP contribution in [0.3, 0.4) is 0 Å². The molecule has 2 N–H and O–H groups in total. The molecule has 0 bridgehead atoms. The van der Waals surface area contributed by atoms with Gasteiger partial charge in [-0.3, -0.25) is 14.4 Å². The Morgan fingerprint density at radius 2 is 1.80 bits per heavy atom. The standard InChI is InChI=1S/C27H30N2O6/c1-4-29-14-21(26(32)20-12-24-25(13-22(20)29)35-15-34-24)23(31)11-19(16(2)3)27(33)28-10-9-17-5-7-18(30)8-6-17/h5-8,12-14,16,19,30H,4,9-11,15H2,1-3H3,(H,28,33)/t19-/m0/s1. The van der Waals surface area contributed by atoms with Crippen LogP contribution in [0, 0.1) is 11.8 Å². The van der Waals surface area contributed by atoms with Gasteiger partial charge in [0.15, 0.2) is 22.7 Å². The van der Waals surface area contributed by atoms with Gasteiger partial charge in [0.2, 0.25) is 12.7 Å². The number of nitrogens with zero attached hydrogens (tertiary/aromatic N) is 1. The molecule has 1 atom stereocenters. The number of ketones is 1. The van der Waals surface area contributed by atoms with E-state index in [2.05, 4.69) is 5.32 Å². The van der Waals surface area contributed by atoms with Crippen molar-refractivity contribution in [2.45, 2.75) is 40.2 Å². The summed E-state index contributed by atoms with van der Waals surface area (Å²) >= 11 is 0. The van der Waals surface area contributed by atoms with Crippen LogP contribution in [0.1, 0.15) is 43.1 Å². The first-order valence-electron chi connectivity index (χ1n) is 11.8. The number of fused-ring (bicyclic) bond motifs is 2. The van der Waals surface area contributed by atoms with E-state index in [0.29, 0.717) is 41.9 Å². The Balaban J connectivity index is 1.52. The van der Waals surface area contributed by atoms with E-state index in [4.69, 9.17) is 9.47 Å². The lowest BCUT2D eigenvalue weighted by molar-refractivity contribution is -0.126. The number of carbonyl (C=O) groups excluding carboxylic acids is 2. The first-order chi connectivity index (χ1) is 16.8. The fourth-order valence-corrected chi connectivity index (χ4v) is 4.30. The normalized spacial score (nSPS) is 13.3. The van der Waals surface area contributed by atoms with Gasteiger partial charge >= 0.3 is 0 Å². The Labute approximate surface area is 203 Å². The average molecular weight is 479 g/mol. The Morgan fingerprint density at radius 1 is 1.11 bits per heavy atom. The zero-order chi connectivity index (χ0) is 25.1. The summed E-state index contributed by atoms with van der Waals surface area (Å²) in [7, 11) is 0. The van der Waals surface area contributed by atoms with Crippen LogP contribution in [0.2, 0.25) is 0 Å². The van der Waals surface area contributed by atoms with E-state index in [1.165, 1.54) is 0 Å². The van der Waals surface area contributed by atoms with E-state index in [1.807, 2.05) is 25.3 Å². The molecular formula is C27H30N2O6. The van der Waals surface area contributed by atoms with Gasteiger partial charge in [-0.25, -0.2) is 0 Å². The van der Waals surface area contributed by atoms with E-state index >= 15 is 0 Å². The maximum atomic E-state index is 13.3. The number of benzene rings is 2. The van der Waals surface area contributed by atoms with Crippen molar-refractivity contribution in [3.63, 3.8) is 0 Å². The second-order valence-electron chi connectivity index (χ2n) is 9.07. The van der Waals surface area contributed by atoms with Gasteiger partial charge in [0, 0.05) is 37.7 Å². The lowest BCUT2D eigenvalue weighted by Gasteiger charge is -2.20. The van der Waals surface area contributed by atoms with E-state index in [1.54, 1.807) is 42.6 Å². The molecule has 184 valence electrons. The highest BCUT2D eigenvalue weighted by Crippen LogP contribution is 2.35. The van der Waals surface area contributed by atoms with Crippen molar-refractivity contribution >= 4 is 22.6 Å². The molecule has 2 aromatic carbocycles. The predicted molar refractivity (Wildman–Crippen MR) is 132 cm³/mol.